The smallest absolute Gasteiger partial charge is 0.416 e. The molecule has 0 saturated heterocycles. The minimum absolute atomic E-state index is 0.197. The number of pyridine rings is 1. The minimum atomic E-state index is -0.712. The van der Waals surface area contributed by atoms with E-state index >= 15 is 0 Å². The van der Waals surface area contributed by atoms with Gasteiger partial charge in [-0.1, -0.05) is 17.7 Å². The molecule has 1 atom stereocenters. The van der Waals surface area contributed by atoms with E-state index in [1.54, 1.807) is 19.1 Å². The summed E-state index contributed by atoms with van der Waals surface area (Å²) in [6, 6.07) is 3.36. The van der Waals surface area contributed by atoms with Gasteiger partial charge in [0.1, 0.15) is 5.82 Å². The number of hydrogen-bond acceptors (Lipinski definition) is 4. The van der Waals surface area contributed by atoms with Crippen molar-refractivity contribution in [2.45, 2.75) is 19.1 Å². The summed E-state index contributed by atoms with van der Waals surface area (Å²) in [5.74, 6) is 0.354. The van der Waals surface area contributed by atoms with Crippen LogP contribution in [0.5, 0.6) is 0 Å². The number of ether oxygens (including phenoxy) is 1. The summed E-state index contributed by atoms with van der Waals surface area (Å²) in [5, 5.41) is 9.09. The average molecular weight is 245 g/mol. The molecule has 6 heteroatoms. The van der Waals surface area contributed by atoms with E-state index in [0.29, 0.717) is 11.4 Å². The van der Waals surface area contributed by atoms with Crippen LogP contribution in [0.2, 0.25) is 0 Å². The van der Waals surface area contributed by atoms with E-state index in [-0.39, 0.29) is 6.61 Å². The van der Waals surface area contributed by atoms with Crippen LogP contribution >= 0.6 is 11.6 Å². The number of amides is 1. The summed E-state index contributed by atoms with van der Waals surface area (Å²) >= 11 is 5.54. The Hall–Kier alpha value is -1.33. The van der Waals surface area contributed by atoms with E-state index in [2.05, 4.69) is 4.98 Å². The Kier molecular flexibility index (Phi) is 4.52. The molecular formula is C10H13ClN2O3. The lowest BCUT2D eigenvalue weighted by Gasteiger charge is -2.18. The van der Waals surface area contributed by atoms with Crippen LogP contribution in [-0.2, 0) is 11.3 Å². The van der Waals surface area contributed by atoms with Crippen molar-refractivity contribution in [1.29, 1.82) is 0 Å². The molecule has 1 amide bonds. The van der Waals surface area contributed by atoms with Crippen LogP contribution in [0.4, 0.5) is 10.6 Å². The Morgan fingerprint density at radius 1 is 1.75 bits per heavy atom. The first-order valence-electron chi connectivity index (χ1n) is 4.69. The van der Waals surface area contributed by atoms with Crippen molar-refractivity contribution in [2.24, 2.45) is 0 Å². The summed E-state index contributed by atoms with van der Waals surface area (Å²) in [5.41, 5.74) is -0.166. The predicted molar refractivity (Wildman–Crippen MR) is 60.4 cm³/mol. The number of nitrogens with zero attached hydrogens (tertiary/aromatic N) is 2. The molecule has 5 nitrogen and oxygen atoms in total. The van der Waals surface area contributed by atoms with Gasteiger partial charge >= 0.3 is 6.09 Å². The molecule has 1 rings (SSSR count). The van der Waals surface area contributed by atoms with Gasteiger partial charge in [0, 0.05) is 18.8 Å². The Morgan fingerprint density at radius 2 is 2.44 bits per heavy atom. The lowest BCUT2D eigenvalue weighted by atomic mass is 10.2. The van der Waals surface area contributed by atoms with Crippen LogP contribution in [0, 0.1) is 0 Å². The first-order chi connectivity index (χ1) is 7.56. The Morgan fingerprint density at radius 3 is 3.00 bits per heavy atom. The fourth-order valence-electron chi connectivity index (χ4n) is 1.16. The zero-order valence-electron chi connectivity index (χ0n) is 9.05. The van der Waals surface area contributed by atoms with Gasteiger partial charge in [-0.3, -0.25) is 4.90 Å². The zero-order valence-corrected chi connectivity index (χ0v) is 9.81. The third-order valence-electron chi connectivity index (χ3n) is 1.89. The van der Waals surface area contributed by atoms with Gasteiger partial charge in [0.15, 0.2) is 5.56 Å². The van der Waals surface area contributed by atoms with Crippen LogP contribution in [0.25, 0.3) is 0 Å². The van der Waals surface area contributed by atoms with Crippen LogP contribution < -0.4 is 4.90 Å². The van der Waals surface area contributed by atoms with E-state index in [9.17, 15) is 4.79 Å². The summed E-state index contributed by atoms with van der Waals surface area (Å²) in [7, 11) is 1.50. The second-order valence-corrected chi connectivity index (χ2v) is 3.74. The number of anilines is 1. The first kappa shape index (κ1) is 12.7. The molecule has 0 bridgehead atoms. The van der Waals surface area contributed by atoms with Gasteiger partial charge < -0.3 is 9.84 Å². The monoisotopic (exact) mass is 244 g/mol. The molecule has 88 valence electrons. The average Bonchev–Trinajstić information content (AvgIpc) is 2.27. The summed E-state index contributed by atoms with van der Waals surface area (Å²) in [6.45, 7) is 1.34. The Bertz CT molecular complexity index is 371. The Balaban J connectivity index is 2.87. The highest BCUT2D eigenvalue weighted by Gasteiger charge is 2.17. The van der Waals surface area contributed by atoms with Gasteiger partial charge in [-0.15, -0.1) is 0 Å². The van der Waals surface area contributed by atoms with Gasteiger partial charge in [0.2, 0.25) is 0 Å². The highest BCUT2D eigenvalue weighted by molar-refractivity contribution is 6.20. The van der Waals surface area contributed by atoms with Crippen molar-refractivity contribution in [2.75, 3.05) is 11.9 Å². The number of aliphatic hydroxyl groups excluding tert-OH is 1. The molecule has 0 aliphatic carbocycles. The molecule has 1 unspecified atom stereocenters. The maximum absolute atomic E-state index is 11.5. The van der Waals surface area contributed by atoms with E-state index in [1.807, 2.05) is 0 Å². The fourth-order valence-corrected chi connectivity index (χ4v) is 1.24. The number of rotatable bonds is 3. The molecule has 0 radical (unpaired) electrons. The topological polar surface area (TPSA) is 62.7 Å². The standard InChI is InChI=1S/C10H13ClN2O3/c1-7(11)16-10(15)13(2)9-8(6-14)4-3-5-12-9/h3-5,7,14H,6H2,1-2H3. The molecule has 0 aromatic carbocycles. The third-order valence-corrected chi connectivity index (χ3v) is 1.98. The van der Waals surface area contributed by atoms with Gasteiger partial charge in [-0.2, -0.15) is 0 Å². The number of aliphatic hydroxyl groups is 1. The Labute approximate surface area is 98.6 Å². The van der Waals surface area contributed by atoms with Gasteiger partial charge in [0.05, 0.1) is 6.61 Å². The third kappa shape index (κ3) is 3.08. The number of carbonyl (C=O) groups is 1. The lowest BCUT2D eigenvalue weighted by molar-refractivity contribution is 0.147. The molecule has 1 aromatic heterocycles. The van der Waals surface area contributed by atoms with E-state index < -0.39 is 11.7 Å². The molecule has 1 N–H and O–H groups in total. The molecule has 16 heavy (non-hydrogen) atoms. The van der Waals surface area contributed by atoms with Gasteiger partial charge in [-0.05, 0) is 13.0 Å². The van der Waals surface area contributed by atoms with Crippen molar-refractivity contribution in [3.8, 4) is 0 Å². The van der Waals surface area contributed by atoms with Crippen LogP contribution in [-0.4, -0.2) is 28.8 Å². The van der Waals surface area contributed by atoms with Crippen LogP contribution in [0.3, 0.4) is 0 Å². The maximum Gasteiger partial charge on any atom is 0.416 e. The maximum atomic E-state index is 11.5. The van der Waals surface area contributed by atoms with Crippen LogP contribution in [0.1, 0.15) is 12.5 Å². The van der Waals surface area contributed by atoms with Crippen molar-refractivity contribution in [3.05, 3.63) is 23.9 Å². The molecule has 0 spiro atoms. The van der Waals surface area contributed by atoms with E-state index in [0.717, 1.165) is 0 Å². The van der Waals surface area contributed by atoms with Crippen molar-refractivity contribution in [3.63, 3.8) is 0 Å². The zero-order chi connectivity index (χ0) is 12.1. The minimum Gasteiger partial charge on any atom is -0.430 e. The van der Waals surface area contributed by atoms with Crippen molar-refractivity contribution in [1.82, 2.24) is 4.98 Å². The molecule has 0 aliphatic rings. The fraction of sp³-hybridized carbons (Fsp3) is 0.400. The second-order valence-electron chi connectivity index (χ2n) is 3.13. The molecule has 1 heterocycles. The summed E-state index contributed by atoms with van der Waals surface area (Å²) in [4.78, 5) is 16.7. The van der Waals surface area contributed by atoms with E-state index in [1.165, 1.54) is 18.1 Å². The lowest BCUT2D eigenvalue weighted by Crippen LogP contribution is -2.30. The SMILES string of the molecule is CC(Cl)OC(=O)N(C)c1ncccc1CO. The number of carbonyl (C=O) groups excluding carboxylic acids is 1. The van der Waals surface area contributed by atoms with E-state index in [4.69, 9.17) is 21.4 Å². The van der Waals surface area contributed by atoms with Gasteiger partial charge in [0.25, 0.3) is 0 Å². The highest BCUT2D eigenvalue weighted by Crippen LogP contribution is 2.17. The van der Waals surface area contributed by atoms with Gasteiger partial charge in [-0.25, -0.2) is 9.78 Å². The second kappa shape index (κ2) is 5.67. The molecule has 0 aliphatic heterocycles. The van der Waals surface area contributed by atoms with Crippen molar-refractivity contribution < 1.29 is 14.6 Å². The largest absolute Gasteiger partial charge is 0.430 e. The number of halogens is 1. The number of aromatic nitrogens is 1. The molecule has 0 saturated carbocycles. The van der Waals surface area contributed by atoms with Crippen molar-refractivity contribution >= 4 is 23.5 Å². The number of hydrogen-bond donors (Lipinski definition) is 1. The van der Waals surface area contributed by atoms with Crippen LogP contribution in [0.15, 0.2) is 18.3 Å². The summed E-state index contributed by atoms with van der Waals surface area (Å²) < 4.78 is 4.80. The quantitative estimate of drug-likeness (QED) is 0.823. The number of alkyl halides is 1. The molecule has 0 fully saturated rings. The highest BCUT2D eigenvalue weighted by atomic mass is 35.5. The normalized spacial score (nSPS) is 12.0. The first-order valence-corrected chi connectivity index (χ1v) is 5.13. The molecule has 1 aromatic rings. The summed E-state index contributed by atoms with van der Waals surface area (Å²) in [6.07, 6.45) is 0.915. The molecular weight excluding hydrogens is 232 g/mol. The predicted octanol–water partition coefficient (Wildman–Crippen LogP) is 1.73.